The van der Waals surface area contributed by atoms with Gasteiger partial charge in [-0.3, -0.25) is 0 Å². The molecule has 1 heterocycles. The van der Waals surface area contributed by atoms with E-state index in [9.17, 15) is 4.79 Å². The predicted octanol–water partition coefficient (Wildman–Crippen LogP) is 2.49. The van der Waals surface area contributed by atoms with Crippen molar-refractivity contribution in [2.75, 3.05) is 11.9 Å². The third kappa shape index (κ3) is 3.31. The summed E-state index contributed by atoms with van der Waals surface area (Å²) in [5.41, 5.74) is 0.766. The number of carboxylic acids is 1. The van der Waals surface area contributed by atoms with Crippen molar-refractivity contribution in [3.63, 3.8) is 0 Å². The summed E-state index contributed by atoms with van der Waals surface area (Å²) in [5.74, 6) is 0.129. The summed E-state index contributed by atoms with van der Waals surface area (Å²) in [6.45, 7) is 2.26. The first-order valence-electron chi connectivity index (χ1n) is 5.63. The number of benzene rings is 1. The summed E-state index contributed by atoms with van der Waals surface area (Å²) in [6.07, 6.45) is 0.534. The third-order valence-electron chi connectivity index (χ3n) is 2.45. The number of carboxylic acid groups (broad SMARTS) is 1. The van der Waals surface area contributed by atoms with Crippen LogP contribution in [0.5, 0.6) is 0 Å². The third-order valence-corrected chi connectivity index (χ3v) is 3.11. The Morgan fingerprint density at radius 3 is 2.95 bits per heavy atom. The monoisotopic (exact) mass is 325 g/mol. The number of aromatic nitrogens is 2. The van der Waals surface area contributed by atoms with E-state index in [0.717, 1.165) is 0 Å². The molecule has 7 heteroatoms. The van der Waals surface area contributed by atoms with Crippen LogP contribution in [-0.4, -0.2) is 27.8 Å². The second-order valence-corrected chi connectivity index (χ2v) is 4.73. The van der Waals surface area contributed by atoms with E-state index in [-0.39, 0.29) is 5.56 Å². The average molecular weight is 326 g/mol. The van der Waals surface area contributed by atoms with Crippen molar-refractivity contribution < 1.29 is 14.4 Å². The van der Waals surface area contributed by atoms with Crippen molar-refractivity contribution in [1.29, 1.82) is 0 Å². The van der Waals surface area contributed by atoms with E-state index in [1.807, 2.05) is 0 Å². The number of rotatable bonds is 5. The van der Waals surface area contributed by atoms with Gasteiger partial charge in [-0.2, -0.15) is 4.98 Å². The van der Waals surface area contributed by atoms with Gasteiger partial charge in [0.15, 0.2) is 5.82 Å². The number of hydrogen-bond donors (Lipinski definition) is 2. The molecule has 6 nitrogen and oxygen atoms in total. The Morgan fingerprint density at radius 2 is 2.32 bits per heavy atom. The van der Waals surface area contributed by atoms with Crippen molar-refractivity contribution in [2.24, 2.45) is 0 Å². The molecule has 2 aromatic rings. The number of aromatic carboxylic acids is 1. The first-order valence-corrected chi connectivity index (χ1v) is 6.42. The minimum atomic E-state index is -0.983. The quantitative estimate of drug-likeness (QED) is 0.878. The molecule has 0 bridgehead atoms. The van der Waals surface area contributed by atoms with Crippen molar-refractivity contribution in [3.8, 4) is 0 Å². The molecule has 1 aromatic heterocycles. The van der Waals surface area contributed by atoms with Crippen LogP contribution in [0.1, 0.15) is 22.1 Å². The van der Waals surface area contributed by atoms with Crippen LogP contribution < -0.4 is 5.32 Å². The van der Waals surface area contributed by atoms with Crippen molar-refractivity contribution in [1.82, 2.24) is 10.1 Å². The summed E-state index contributed by atoms with van der Waals surface area (Å²) in [4.78, 5) is 15.2. The molecule has 100 valence electrons. The number of nitrogens with zero attached hydrogens (tertiary/aromatic N) is 2. The second-order valence-electron chi connectivity index (χ2n) is 3.88. The molecule has 0 aliphatic heterocycles. The number of halogens is 1. The van der Waals surface area contributed by atoms with Crippen LogP contribution in [0.4, 0.5) is 5.69 Å². The number of anilines is 1. The zero-order valence-corrected chi connectivity index (χ0v) is 11.8. The van der Waals surface area contributed by atoms with Gasteiger partial charge < -0.3 is 14.9 Å². The van der Waals surface area contributed by atoms with E-state index in [0.29, 0.717) is 34.8 Å². The van der Waals surface area contributed by atoms with Crippen LogP contribution in [0.3, 0.4) is 0 Å². The highest BCUT2D eigenvalue weighted by atomic mass is 79.9. The van der Waals surface area contributed by atoms with E-state index >= 15 is 0 Å². The molecule has 1 aromatic carbocycles. The minimum absolute atomic E-state index is 0.212. The molecule has 0 radical (unpaired) electrons. The maximum atomic E-state index is 11.2. The largest absolute Gasteiger partial charge is 0.478 e. The van der Waals surface area contributed by atoms with Crippen molar-refractivity contribution >= 4 is 27.6 Å². The molecule has 19 heavy (non-hydrogen) atoms. The molecule has 0 unspecified atom stereocenters. The highest BCUT2D eigenvalue weighted by molar-refractivity contribution is 9.10. The van der Waals surface area contributed by atoms with Gasteiger partial charge in [0, 0.05) is 23.1 Å². The molecular formula is C12H12BrN3O3. The minimum Gasteiger partial charge on any atom is -0.478 e. The highest BCUT2D eigenvalue weighted by Gasteiger charge is 2.13. The molecular weight excluding hydrogens is 314 g/mol. The van der Waals surface area contributed by atoms with E-state index in [4.69, 9.17) is 9.63 Å². The molecule has 0 aliphatic carbocycles. The molecule has 0 spiro atoms. The Bertz CT molecular complexity index is 598. The summed E-state index contributed by atoms with van der Waals surface area (Å²) in [6, 6.07) is 5.18. The Balaban J connectivity index is 2.03. The first kappa shape index (κ1) is 13.5. The second kappa shape index (κ2) is 5.83. The summed E-state index contributed by atoms with van der Waals surface area (Å²) >= 11 is 3.23. The molecule has 0 amide bonds. The normalized spacial score (nSPS) is 10.4. The lowest BCUT2D eigenvalue weighted by Gasteiger charge is -2.09. The van der Waals surface area contributed by atoms with E-state index in [1.54, 1.807) is 25.1 Å². The van der Waals surface area contributed by atoms with Gasteiger partial charge in [-0.15, -0.1) is 0 Å². The number of hydrogen-bond acceptors (Lipinski definition) is 5. The Morgan fingerprint density at radius 1 is 1.53 bits per heavy atom. The standard InChI is InChI=1S/C12H12BrN3O3/c1-7-15-10(19-16-7)5-6-14-9-4-2-3-8(13)11(9)12(17)18/h2-4,14H,5-6H2,1H3,(H,17,18). The highest BCUT2D eigenvalue weighted by Crippen LogP contribution is 2.24. The van der Waals surface area contributed by atoms with E-state index in [2.05, 4.69) is 31.4 Å². The van der Waals surface area contributed by atoms with Gasteiger partial charge in [-0.05, 0) is 35.0 Å². The molecule has 0 aliphatic rings. The topological polar surface area (TPSA) is 88.2 Å². The van der Waals surface area contributed by atoms with Crippen LogP contribution in [0.25, 0.3) is 0 Å². The Kier molecular flexibility index (Phi) is 4.16. The van der Waals surface area contributed by atoms with Gasteiger partial charge in [-0.1, -0.05) is 11.2 Å². The fraction of sp³-hybridized carbons (Fsp3) is 0.250. The van der Waals surface area contributed by atoms with Crippen molar-refractivity contribution in [2.45, 2.75) is 13.3 Å². The zero-order valence-electron chi connectivity index (χ0n) is 10.2. The maximum Gasteiger partial charge on any atom is 0.338 e. The molecule has 0 atom stereocenters. The van der Waals surface area contributed by atoms with Gasteiger partial charge in [0.25, 0.3) is 0 Å². The molecule has 0 fully saturated rings. The van der Waals surface area contributed by atoms with Crippen LogP contribution in [0, 0.1) is 6.92 Å². The Hall–Kier alpha value is -1.89. The molecule has 0 saturated heterocycles. The first-order chi connectivity index (χ1) is 9.08. The number of nitrogens with one attached hydrogen (secondary N) is 1. The van der Waals surface area contributed by atoms with Gasteiger partial charge in [0.2, 0.25) is 5.89 Å². The van der Waals surface area contributed by atoms with Crippen LogP contribution >= 0.6 is 15.9 Å². The lowest BCUT2D eigenvalue weighted by Crippen LogP contribution is -2.10. The molecule has 0 saturated carbocycles. The van der Waals surface area contributed by atoms with Crippen molar-refractivity contribution in [3.05, 3.63) is 40.0 Å². The Labute approximate surface area is 118 Å². The fourth-order valence-corrected chi connectivity index (χ4v) is 2.17. The summed E-state index contributed by atoms with van der Waals surface area (Å²) < 4.78 is 5.52. The molecule has 2 rings (SSSR count). The van der Waals surface area contributed by atoms with Gasteiger partial charge in [-0.25, -0.2) is 4.79 Å². The lowest BCUT2D eigenvalue weighted by molar-refractivity contribution is 0.0697. The average Bonchev–Trinajstić information content (AvgIpc) is 2.74. The van der Waals surface area contributed by atoms with Crippen LogP contribution in [0.2, 0.25) is 0 Å². The smallest absolute Gasteiger partial charge is 0.338 e. The summed E-state index contributed by atoms with van der Waals surface area (Å²) in [5, 5.41) is 15.9. The van der Waals surface area contributed by atoms with Gasteiger partial charge in [0.05, 0.1) is 5.56 Å². The maximum absolute atomic E-state index is 11.2. The van der Waals surface area contributed by atoms with E-state index in [1.165, 1.54) is 0 Å². The van der Waals surface area contributed by atoms with E-state index < -0.39 is 5.97 Å². The van der Waals surface area contributed by atoms with Crippen LogP contribution in [0.15, 0.2) is 27.2 Å². The van der Waals surface area contributed by atoms with Crippen LogP contribution in [-0.2, 0) is 6.42 Å². The summed E-state index contributed by atoms with van der Waals surface area (Å²) in [7, 11) is 0. The molecule has 2 N–H and O–H groups in total. The number of aryl methyl sites for hydroxylation is 1. The van der Waals surface area contributed by atoms with Gasteiger partial charge >= 0.3 is 5.97 Å². The number of carbonyl (C=O) groups is 1. The SMILES string of the molecule is Cc1noc(CCNc2cccc(Br)c2C(=O)O)n1. The fourth-order valence-electron chi connectivity index (χ4n) is 1.63. The van der Waals surface area contributed by atoms with Gasteiger partial charge in [0.1, 0.15) is 0 Å². The lowest BCUT2D eigenvalue weighted by atomic mass is 10.2. The zero-order chi connectivity index (χ0) is 13.8. The predicted molar refractivity (Wildman–Crippen MR) is 72.3 cm³/mol.